The summed E-state index contributed by atoms with van der Waals surface area (Å²) in [7, 11) is 0. The molecule has 2 N–H and O–H groups in total. The Hall–Kier alpha value is -9.56. The Morgan fingerprint density at radius 3 is 1.37 bits per heavy atom. The number of ketones is 1. The summed E-state index contributed by atoms with van der Waals surface area (Å²) in [6, 6.07) is 89.7. The zero-order valence-electron chi connectivity index (χ0n) is 57.5. The molecule has 14 aromatic rings. The number of fused-ring (bicyclic) bond motifs is 3. The Labute approximate surface area is 649 Å². The first kappa shape index (κ1) is 82.4. The SMILES string of the molecule is C.CC(=O)C=C(C)O.CC1(C)CNC2CCC(C)(C)c3c2c1cc1cc(-c2nc4ccccc4s2)c(=O)oc31.Cc1ccnc(-c2[c-]cccc2)c1.[Ir+3].[Ir].[Ir].[c-]1ccccc1-c1ccccn1.[c-]1ccccc1-c1ccccn1.[c-]1ccccc1-c1ccccn1.c1ccc(-c2ccccn2)nc1. The molecule has 0 saturated heterocycles. The van der Waals surface area contributed by atoms with Crippen molar-refractivity contribution in [1.82, 2.24) is 40.2 Å². The van der Waals surface area contributed by atoms with E-state index in [-0.39, 0.29) is 95.7 Å². The summed E-state index contributed by atoms with van der Waals surface area (Å²) in [6.45, 7) is 15.0. The summed E-state index contributed by atoms with van der Waals surface area (Å²) >= 11 is 1.54. The molecule has 0 bridgehead atoms. The van der Waals surface area contributed by atoms with Crippen LogP contribution in [0.2, 0.25) is 0 Å². The third-order valence-corrected chi connectivity index (χ3v) is 17.1. The fourth-order valence-corrected chi connectivity index (χ4v) is 12.2. The van der Waals surface area contributed by atoms with E-state index in [2.05, 4.69) is 106 Å². The minimum Gasteiger partial charge on any atom is -0.512 e. The zero-order chi connectivity index (χ0) is 69.4. The van der Waals surface area contributed by atoms with Gasteiger partial charge in [0.05, 0.1) is 32.9 Å². The second-order valence-electron chi connectivity index (χ2n) is 24.6. The predicted molar refractivity (Wildman–Crippen MR) is 407 cm³/mol. The normalized spacial score (nSPS) is 13.0. The van der Waals surface area contributed by atoms with Crippen LogP contribution < -0.4 is 10.9 Å². The van der Waals surface area contributed by atoms with Gasteiger partial charge in [0.2, 0.25) is 0 Å². The number of allylic oxidation sites excluding steroid dienone is 2. The van der Waals surface area contributed by atoms with Crippen molar-refractivity contribution in [3.8, 4) is 67.0 Å². The average molecular weight is 1910 g/mol. The fourth-order valence-electron chi connectivity index (χ4n) is 11.2. The van der Waals surface area contributed by atoms with E-state index in [0.29, 0.717) is 11.6 Å². The molecular weight excluding hydrogens is 1830 g/mol. The Morgan fingerprint density at radius 1 is 0.544 bits per heavy atom. The van der Waals surface area contributed by atoms with Gasteiger partial charge in [-0.15, -0.1) is 155 Å². The van der Waals surface area contributed by atoms with Gasteiger partial charge in [0.1, 0.15) is 10.6 Å². The summed E-state index contributed by atoms with van der Waals surface area (Å²) in [5.41, 5.74) is 17.0. The van der Waals surface area contributed by atoms with Gasteiger partial charge < -0.3 is 34.8 Å². The van der Waals surface area contributed by atoms with Crippen LogP contribution in [0.3, 0.4) is 0 Å². The number of carbonyl (C=O) groups is 1. The van der Waals surface area contributed by atoms with Gasteiger partial charge in [0, 0.05) is 112 Å². The van der Waals surface area contributed by atoms with Crippen molar-refractivity contribution < 1.29 is 74.6 Å². The molecule has 1 aliphatic carbocycles. The maximum Gasteiger partial charge on any atom is 3.00 e. The minimum absolute atomic E-state index is 0. The summed E-state index contributed by atoms with van der Waals surface area (Å²) in [4.78, 5) is 53.2. The fraction of sp³-hybridized carbons (Fsp3) is 0.161. The standard InChI is InChI=1S/C26H26N2O2S.C12H10N.3C11H8N.C10H8N2.C5H8O2.CH4.3Ir/c1-25(2)10-9-18-20-16(26(3,4)13-27-18)12-14-11-15(24(29)30-22(14)21(20)25)23-28-17-7-5-6-8-19(17)31-23;1-10-7-8-13-12(9-10)11-5-3-2-4-6-11;3*1-2-6-10(7-3-1)11-8-4-5-9-12-11;1-3-7-11-9(5-1)10-6-2-4-8-12-10;1-4(6)3-5(2)7;;;;/h5-8,11-12,18,27H,9-10,13H2,1-4H3;2-5,7-9H,1H3;3*1-6,8-9H;1-8H;3,6H,1-2H3;1H4;;;/q;4*-1;;;;;;+3. The molecule has 2 aliphatic rings. The molecule has 0 spiro atoms. The molecule has 1 atom stereocenters. The summed E-state index contributed by atoms with van der Waals surface area (Å²) < 4.78 is 7.18. The molecule has 0 saturated carbocycles. The van der Waals surface area contributed by atoms with Crippen molar-refractivity contribution in [1.29, 1.82) is 0 Å². The van der Waals surface area contributed by atoms with Gasteiger partial charge in [0.25, 0.3) is 0 Å². The van der Waals surface area contributed by atoms with E-state index in [1.165, 1.54) is 42.2 Å². The number of rotatable bonds is 7. The van der Waals surface area contributed by atoms with Crippen LogP contribution in [0.4, 0.5) is 0 Å². The first-order chi connectivity index (χ1) is 48.1. The number of aliphatic hydroxyl groups is 1. The van der Waals surface area contributed by atoms with Crippen LogP contribution in [0.5, 0.6) is 0 Å². The van der Waals surface area contributed by atoms with Crippen LogP contribution >= 0.6 is 11.3 Å². The molecule has 103 heavy (non-hydrogen) atoms. The third-order valence-electron chi connectivity index (χ3n) is 16.0. The maximum atomic E-state index is 13.2. The second-order valence-corrected chi connectivity index (χ2v) is 25.6. The van der Waals surface area contributed by atoms with Crippen molar-refractivity contribution in [2.24, 2.45) is 0 Å². The van der Waals surface area contributed by atoms with Crippen LogP contribution in [0.25, 0.3) is 88.2 Å². The Balaban J connectivity index is 0.000000199. The van der Waals surface area contributed by atoms with Crippen LogP contribution in [-0.4, -0.2) is 52.3 Å². The first-order valence-corrected chi connectivity index (χ1v) is 33.4. The molecule has 1 aliphatic heterocycles. The van der Waals surface area contributed by atoms with E-state index in [4.69, 9.17) is 14.5 Å². The molecule has 6 aromatic carbocycles. The summed E-state index contributed by atoms with van der Waals surface area (Å²) in [6.07, 6.45) is 14.1. The van der Waals surface area contributed by atoms with Crippen LogP contribution in [-0.2, 0) is 75.9 Å². The third kappa shape index (κ3) is 23.5. The molecule has 0 amide bonds. The summed E-state index contributed by atoms with van der Waals surface area (Å²) in [5, 5.41) is 13.8. The number of aromatic nitrogens is 7. The van der Waals surface area contributed by atoms with Gasteiger partial charge in [-0.05, 0) is 146 Å². The van der Waals surface area contributed by atoms with Gasteiger partial charge in [-0.3, -0.25) is 14.8 Å². The van der Waals surface area contributed by atoms with Crippen LogP contribution in [0.1, 0.15) is 90.1 Å². The number of benzene rings is 6. The van der Waals surface area contributed by atoms with Crippen molar-refractivity contribution in [2.45, 2.75) is 85.6 Å². The average Bonchev–Trinajstić information content (AvgIpc) is 0.959. The van der Waals surface area contributed by atoms with Gasteiger partial charge in [-0.25, -0.2) is 9.78 Å². The maximum absolute atomic E-state index is 13.2. The van der Waals surface area contributed by atoms with Gasteiger partial charge in [-0.1, -0.05) is 107 Å². The van der Waals surface area contributed by atoms with E-state index in [0.717, 1.165) is 102 Å². The molecule has 8 aromatic heterocycles. The van der Waals surface area contributed by atoms with E-state index in [1.807, 2.05) is 231 Å². The van der Waals surface area contributed by atoms with Crippen molar-refractivity contribution in [2.75, 3.05) is 6.54 Å². The number of pyridine rings is 6. The monoisotopic (exact) mass is 1910 g/mol. The molecule has 12 nitrogen and oxygen atoms in total. The molecular formula is C87H80Ir3N8O4S-. The second kappa shape index (κ2) is 40.9. The Kier molecular flexibility index (Phi) is 32.7. The number of thiazole rings is 1. The van der Waals surface area contributed by atoms with Gasteiger partial charge >= 0.3 is 25.7 Å². The number of carbonyl (C=O) groups excluding carboxylic acids is 1. The van der Waals surface area contributed by atoms with E-state index in [9.17, 15) is 9.59 Å². The quantitative estimate of drug-likeness (QED) is 0.0671. The molecule has 2 radical (unpaired) electrons. The van der Waals surface area contributed by atoms with Gasteiger partial charge in [-0.2, -0.15) is 0 Å². The Morgan fingerprint density at radius 2 is 0.971 bits per heavy atom. The molecule has 16 heteroatoms. The summed E-state index contributed by atoms with van der Waals surface area (Å²) in [5.74, 6) is -0.0625. The van der Waals surface area contributed by atoms with E-state index in [1.54, 1.807) is 42.3 Å². The van der Waals surface area contributed by atoms with Crippen molar-refractivity contribution in [3.63, 3.8) is 0 Å². The number of nitrogens with one attached hydrogen (secondary N) is 1. The molecule has 9 heterocycles. The number of hydrogen-bond donors (Lipinski definition) is 2. The number of nitrogens with zero attached hydrogens (tertiary/aromatic N) is 7. The van der Waals surface area contributed by atoms with E-state index < -0.39 is 0 Å². The Bertz CT molecular complexity index is 4440. The van der Waals surface area contributed by atoms with E-state index >= 15 is 0 Å². The topological polar surface area (TPSA) is 170 Å². The minimum atomic E-state index is -0.302. The molecule has 1 unspecified atom stereocenters. The van der Waals surface area contributed by atoms with Crippen LogP contribution in [0, 0.1) is 31.2 Å². The first-order valence-electron chi connectivity index (χ1n) is 32.6. The van der Waals surface area contributed by atoms with Gasteiger partial charge in [0.15, 0.2) is 5.78 Å². The number of aliphatic hydroxyl groups excluding tert-OH is 1. The number of aryl methyl sites for hydroxylation is 1. The predicted octanol–water partition coefficient (Wildman–Crippen LogP) is 20.4. The molecule has 526 valence electrons. The molecule has 16 rings (SSSR count). The number of hydrogen-bond acceptors (Lipinski definition) is 13. The van der Waals surface area contributed by atoms with Crippen molar-refractivity contribution in [3.05, 3.63) is 343 Å². The van der Waals surface area contributed by atoms with Crippen molar-refractivity contribution >= 4 is 38.3 Å². The zero-order valence-corrected chi connectivity index (χ0v) is 65.5. The van der Waals surface area contributed by atoms with Crippen LogP contribution in [0.15, 0.2) is 295 Å². The smallest absolute Gasteiger partial charge is 0.512 e. The largest absolute Gasteiger partial charge is 3.00 e. The number of para-hydroxylation sites is 1. The molecule has 0 fully saturated rings.